The molecule has 33 heavy (non-hydrogen) atoms. The normalized spacial score (nSPS) is 15.5. The van der Waals surface area contributed by atoms with Gasteiger partial charge in [0.15, 0.2) is 6.19 Å². The molecule has 0 saturated heterocycles. The minimum Gasteiger partial charge on any atom is -0.508 e. The molecule has 0 aliphatic heterocycles. The maximum atomic E-state index is 11.5. The van der Waals surface area contributed by atoms with Crippen molar-refractivity contribution in [2.45, 2.75) is 71.4 Å². The number of phenols is 1. The number of phenolic OH excluding ortho intramolecular Hbond substituents is 1. The molecule has 0 aromatic heterocycles. The summed E-state index contributed by atoms with van der Waals surface area (Å²) < 4.78 is 6.08. The number of aromatic hydroxyl groups is 1. The minimum absolute atomic E-state index is 0.189. The van der Waals surface area contributed by atoms with Gasteiger partial charge in [-0.3, -0.25) is 5.32 Å². The number of rotatable bonds is 14. The summed E-state index contributed by atoms with van der Waals surface area (Å²) in [7, 11) is 0. The van der Waals surface area contributed by atoms with E-state index in [1.165, 1.54) is 0 Å². The van der Waals surface area contributed by atoms with Gasteiger partial charge in [0.2, 0.25) is 0 Å². The van der Waals surface area contributed by atoms with Crippen molar-refractivity contribution in [2.24, 2.45) is 5.92 Å². The molecule has 3 N–H and O–H groups in total. The van der Waals surface area contributed by atoms with Crippen LogP contribution in [0.5, 0.6) is 11.5 Å². The predicted molar refractivity (Wildman–Crippen MR) is 132 cm³/mol. The van der Waals surface area contributed by atoms with Gasteiger partial charge >= 0.3 is 0 Å². The summed E-state index contributed by atoms with van der Waals surface area (Å²) in [5.74, 6) is 1.33. The van der Waals surface area contributed by atoms with Crippen LogP contribution in [-0.4, -0.2) is 23.5 Å². The highest BCUT2D eigenvalue weighted by Crippen LogP contribution is 2.33. The van der Waals surface area contributed by atoms with Crippen molar-refractivity contribution in [1.82, 2.24) is 10.6 Å². The molecule has 0 radical (unpaired) electrons. The van der Waals surface area contributed by atoms with Crippen molar-refractivity contribution < 1.29 is 14.6 Å². The van der Waals surface area contributed by atoms with E-state index in [0.29, 0.717) is 30.3 Å². The molecule has 1 fully saturated rings. The molecule has 6 nitrogen and oxygen atoms in total. The van der Waals surface area contributed by atoms with Crippen LogP contribution in [0.3, 0.4) is 0 Å². The number of aryl methyl sites for hydroxylation is 1. The lowest BCUT2D eigenvalue weighted by Crippen LogP contribution is -2.51. The molecule has 2 rings (SSSR count). The Labute approximate surface area is 198 Å². The highest BCUT2D eigenvalue weighted by molar-refractivity contribution is 5.66. The van der Waals surface area contributed by atoms with Crippen LogP contribution in [0.4, 0.5) is 0 Å². The Hall–Kier alpha value is -3.04. The van der Waals surface area contributed by atoms with E-state index in [4.69, 9.17) is 10.00 Å². The largest absolute Gasteiger partial charge is 0.508 e. The summed E-state index contributed by atoms with van der Waals surface area (Å²) in [6, 6.07) is 3.57. The number of benzene rings is 1. The fourth-order valence-corrected chi connectivity index (χ4v) is 3.69. The highest BCUT2D eigenvalue weighted by atomic mass is 16.5. The Balaban J connectivity index is 2.18. The zero-order valence-electron chi connectivity index (χ0n) is 20.1. The van der Waals surface area contributed by atoms with Gasteiger partial charge in [-0.05, 0) is 67.7 Å². The van der Waals surface area contributed by atoms with Gasteiger partial charge in [0.1, 0.15) is 24.4 Å². The molecule has 1 aliphatic carbocycles. The van der Waals surface area contributed by atoms with Crippen molar-refractivity contribution in [2.75, 3.05) is 6.61 Å². The summed E-state index contributed by atoms with van der Waals surface area (Å²) in [4.78, 5) is 11.5. The van der Waals surface area contributed by atoms with E-state index in [-0.39, 0.29) is 12.4 Å². The maximum absolute atomic E-state index is 11.5. The van der Waals surface area contributed by atoms with Crippen molar-refractivity contribution in [3.8, 4) is 17.7 Å². The number of hydrogen-bond donors (Lipinski definition) is 3. The number of hydrogen-bond acceptors (Lipinski definition) is 6. The summed E-state index contributed by atoms with van der Waals surface area (Å²) in [6.07, 6.45) is 13.9. The molecular formula is C27H37N3O3. The second kappa shape index (κ2) is 12.9. The average Bonchev–Trinajstić information content (AvgIpc) is 2.76. The quantitative estimate of drug-likeness (QED) is 0.159. The molecule has 178 valence electrons. The van der Waals surface area contributed by atoms with Crippen LogP contribution in [0.25, 0.3) is 0 Å². The topological polar surface area (TPSA) is 94.4 Å². The number of allylic oxidation sites excluding steroid dienone is 2. The molecule has 0 unspecified atom stereocenters. The molecular weight excluding hydrogens is 414 g/mol. The third kappa shape index (κ3) is 7.80. The molecule has 0 amide bonds. The lowest BCUT2D eigenvalue weighted by atomic mass is 9.78. The first-order valence-electron chi connectivity index (χ1n) is 11.7. The van der Waals surface area contributed by atoms with Crippen LogP contribution in [0, 0.1) is 17.4 Å². The monoisotopic (exact) mass is 451 g/mol. The molecule has 1 aliphatic rings. The van der Waals surface area contributed by atoms with Crippen molar-refractivity contribution >= 4 is 6.29 Å². The molecule has 1 aromatic rings. The van der Waals surface area contributed by atoms with Crippen LogP contribution in [-0.2, 0) is 17.8 Å². The van der Waals surface area contributed by atoms with E-state index in [2.05, 4.69) is 31.1 Å². The molecule has 0 heterocycles. The first-order chi connectivity index (χ1) is 15.9. The molecule has 1 aromatic carbocycles. The van der Waals surface area contributed by atoms with Crippen molar-refractivity contribution in [3.05, 3.63) is 59.3 Å². The summed E-state index contributed by atoms with van der Waals surface area (Å²) in [5.41, 5.74) is 2.78. The molecule has 0 bridgehead atoms. The summed E-state index contributed by atoms with van der Waals surface area (Å²) >= 11 is 0. The van der Waals surface area contributed by atoms with Crippen LogP contribution < -0.4 is 15.4 Å². The Morgan fingerprint density at radius 1 is 1.36 bits per heavy atom. The second-order valence-corrected chi connectivity index (χ2v) is 9.00. The van der Waals surface area contributed by atoms with E-state index in [1.54, 1.807) is 12.1 Å². The number of aldehydes is 1. The third-order valence-electron chi connectivity index (χ3n) is 6.05. The van der Waals surface area contributed by atoms with E-state index in [9.17, 15) is 9.90 Å². The van der Waals surface area contributed by atoms with Gasteiger partial charge in [-0.25, -0.2) is 0 Å². The standard InChI is InChI=1S/C27H37N3O3/c1-5-21(13-24(29-19-28)10-7-9-20(3)4)17-33-26-15-25(32)22(6-2)14-23(26)16-30-27(18-31)11-8-12-27/h5,10,13-15,18,20,29-30,32H,1,6-9,11-12,16-17H2,2-4H3/b21-13+,24-10+. The average molecular weight is 452 g/mol. The van der Waals surface area contributed by atoms with E-state index >= 15 is 0 Å². The highest BCUT2D eigenvalue weighted by Gasteiger charge is 2.36. The Morgan fingerprint density at radius 3 is 2.67 bits per heavy atom. The van der Waals surface area contributed by atoms with Crippen LogP contribution in [0.15, 0.2) is 48.2 Å². The molecule has 0 spiro atoms. The first-order valence-corrected chi connectivity index (χ1v) is 11.7. The Morgan fingerprint density at radius 2 is 2.12 bits per heavy atom. The molecule has 6 heteroatoms. The lowest BCUT2D eigenvalue weighted by Gasteiger charge is -2.37. The maximum Gasteiger partial charge on any atom is 0.181 e. The fourth-order valence-electron chi connectivity index (χ4n) is 3.69. The Bertz CT molecular complexity index is 921. The van der Waals surface area contributed by atoms with E-state index in [0.717, 1.165) is 55.1 Å². The van der Waals surface area contributed by atoms with Crippen LogP contribution in [0.2, 0.25) is 0 Å². The summed E-state index contributed by atoms with van der Waals surface area (Å²) in [5, 5.41) is 25.5. The van der Waals surface area contributed by atoms with E-state index < -0.39 is 5.54 Å². The van der Waals surface area contributed by atoms with Crippen LogP contribution >= 0.6 is 0 Å². The van der Waals surface area contributed by atoms with Gasteiger partial charge in [0.05, 0.1) is 5.54 Å². The number of ether oxygens (including phenoxy) is 1. The van der Waals surface area contributed by atoms with Gasteiger partial charge in [0.25, 0.3) is 0 Å². The lowest BCUT2D eigenvalue weighted by molar-refractivity contribution is -0.116. The number of carbonyl (C=O) groups is 1. The van der Waals surface area contributed by atoms with Crippen LogP contribution in [0.1, 0.15) is 64.0 Å². The number of nitrogens with zero attached hydrogens (tertiary/aromatic N) is 1. The number of nitriles is 1. The van der Waals surface area contributed by atoms with Gasteiger partial charge in [-0.1, -0.05) is 39.5 Å². The zero-order valence-corrected chi connectivity index (χ0v) is 20.1. The number of carbonyl (C=O) groups excluding carboxylic acids is 1. The third-order valence-corrected chi connectivity index (χ3v) is 6.05. The van der Waals surface area contributed by atoms with Gasteiger partial charge in [-0.2, -0.15) is 5.26 Å². The van der Waals surface area contributed by atoms with Crippen molar-refractivity contribution in [3.63, 3.8) is 0 Å². The Kier molecular flexibility index (Phi) is 10.2. The summed E-state index contributed by atoms with van der Waals surface area (Å²) in [6.45, 7) is 10.9. The van der Waals surface area contributed by atoms with Gasteiger partial charge in [0, 0.05) is 23.9 Å². The van der Waals surface area contributed by atoms with E-state index in [1.807, 2.05) is 31.3 Å². The second-order valence-electron chi connectivity index (χ2n) is 9.00. The van der Waals surface area contributed by atoms with Gasteiger partial charge < -0.3 is 20.0 Å². The minimum atomic E-state index is -0.452. The fraction of sp³-hybridized carbons (Fsp3) is 0.481. The molecule has 0 atom stereocenters. The first kappa shape index (κ1) is 26.2. The smallest absolute Gasteiger partial charge is 0.181 e. The number of nitrogens with one attached hydrogen (secondary N) is 2. The van der Waals surface area contributed by atoms with Crippen molar-refractivity contribution in [1.29, 1.82) is 5.26 Å². The predicted octanol–water partition coefficient (Wildman–Crippen LogP) is 5.05. The van der Waals surface area contributed by atoms with Gasteiger partial charge in [-0.15, -0.1) is 0 Å². The SMILES string of the molecule is C=C/C(=C\C(=C/CCC(C)C)NC#N)COc1cc(O)c(CC)cc1CNC1(C=O)CCC1. The zero-order chi connectivity index (χ0) is 24.3. The molecule has 1 saturated carbocycles.